The molecular weight excluding hydrogens is 220 g/mol. The van der Waals surface area contributed by atoms with Gasteiger partial charge in [0.1, 0.15) is 11.5 Å². The fraction of sp³-hybridized carbons (Fsp3) is 0.462. The lowest BCUT2D eigenvalue weighted by Gasteiger charge is -2.03. The minimum Gasteiger partial charge on any atom is -0.497 e. The topological polar surface area (TPSA) is 48.1 Å². The van der Waals surface area contributed by atoms with Gasteiger partial charge in [0.05, 0.1) is 13.2 Å². The van der Waals surface area contributed by atoms with Crippen molar-refractivity contribution in [2.45, 2.75) is 32.0 Å². The second-order valence-electron chi connectivity index (χ2n) is 3.98. The Morgan fingerprint density at radius 3 is 2.53 bits per heavy atom. The third-order valence-electron chi connectivity index (χ3n) is 2.67. The summed E-state index contributed by atoms with van der Waals surface area (Å²) in [4.78, 5) is 11.6. The number of carbonyl (C=O) groups is 1. The van der Waals surface area contributed by atoms with Crippen molar-refractivity contribution >= 4 is 5.97 Å². The van der Waals surface area contributed by atoms with Crippen LogP contribution in [0.25, 0.3) is 0 Å². The van der Waals surface area contributed by atoms with Crippen molar-refractivity contribution in [2.24, 2.45) is 0 Å². The van der Waals surface area contributed by atoms with Crippen molar-refractivity contribution in [3.05, 3.63) is 24.3 Å². The van der Waals surface area contributed by atoms with Gasteiger partial charge in [0.25, 0.3) is 0 Å². The highest BCUT2D eigenvalue weighted by molar-refractivity contribution is 5.80. The summed E-state index contributed by atoms with van der Waals surface area (Å²) in [6.07, 6.45) is 1.59. The smallest absolute Gasteiger partial charge is 0.343 e. The first-order chi connectivity index (χ1) is 8.24. The van der Waals surface area contributed by atoms with Crippen molar-refractivity contribution in [1.82, 2.24) is 0 Å². The molecule has 92 valence electrons. The van der Waals surface area contributed by atoms with E-state index in [2.05, 4.69) is 6.92 Å². The molecule has 0 amide bonds. The van der Waals surface area contributed by atoms with E-state index in [9.17, 15) is 4.79 Å². The second kappa shape index (κ2) is 5.19. The first kappa shape index (κ1) is 11.9. The fourth-order valence-corrected chi connectivity index (χ4v) is 1.67. The van der Waals surface area contributed by atoms with Crippen molar-refractivity contribution in [3.63, 3.8) is 0 Å². The van der Waals surface area contributed by atoms with Crippen LogP contribution in [0, 0.1) is 0 Å². The van der Waals surface area contributed by atoms with Gasteiger partial charge in [-0.1, -0.05) is 13.3 Å². The van der Waals surface area contributed by atoms with Crippen molar-refractivity contribution < 1.29 is 19.0 Å². The molecule has 2 rings (SSSR count). The van der Waals surface area contributed by atoms with Gasteiger partial charge in [-0.25, -0.2) is 4.79 Å². The summed E-state index contributed by atoms with van der Waals surface area (Å²) < 4.78 is 15.4. The minimum atomic E-state index is -0.378. The predicted octanol–water partition coefficient (Wildman–Crippen LogP) is 2.17. The Hall–Kier alpha value is -1.55. The zero-order valence-corrected chi connectivity index (χ0v) is 10.0. The maximum absolute atomic E-state index is 11.6. The maximum Gasteiger partial charge on any atom is 0.343 e. The molecule has 0 unspecified atom stereocenters. The summed E-state index contributed by atoms with van der Waals surface area (Å²) in [5.41, 5.74) is 0. The van der Waals surface area contributed by atoms with E-state index in [-0.39, 0.29) is 18.2 Å². The van der Waals surface area contributed by atoms with Crippen molar-refractivity contribution in [2.75, 3.05) is 7.11 Å². The van der Waals surface area contributed by atoms with Crippen LogP contribution >= 0.6 is 0 Å². The van der Waals surface area contributed by atoms with Gasteiger partial charge in [-0.2, -0.15) is 0 Å². The summed E-state index contributed by atoms with van der Waals surface area (Å²) in [6, 6.07) is 6.90. The van der Waals surface area contributed by atoms with Gasteiger partial charge in [0.2, 0.25) is 0 Å². The van der Waals surface area contributed by atoms with Gasteiger partial charge in [-0.15, -0.1) is 0 Å². The third-order valence-corrected chi connectivity index (χ3v) is 2.67. The second-order valence-corrected chi connectivity index (χ2v) is 3.98. The van der Waals surface area contributed by atoms with Crippen LogP contribution in [0.1, 0.15) is 19.8 Å². The monoisotopic (exact) mass is 236 g/mol. The lowest BCUT2D eigenvalue weighted by atomic mass is 10.2. The number of hydrogen-bond donors (Lipinski definition) is 0. The quantitative estimate of drug-likeness (QED) is 0.446. The Balaban J connectivity index is 1.86. The number of epoxide rings is 1. The molecule has 4 nitrogen and oxygen atoms in total. The van der Waals surface area contributed by atoms with E-state index in [0.29, 0.717) is 5.75 Å². The molecule has 1 aromatic carbocycles. The fourth-order valence-electron chi connectivity index (χ4n) is 1.67. The van der Waals surface area contributed by atoms with Crippen LogP contribution in [0.2, 0.25) is 0 Å². The van der Waals surface area contributed by atoms with E-state index in [1.807, 2.05) is 0 Å². The molecular formula is C13H16O4. The van der Waals surface area contributed by atoms with Crippen LogP contribution in [-0.4, -0.2) is 25.3 Å². The van der Waals surface area contributed by atoms with Gasteiger partial charge in [0.15, 0.2) is 6.10 Å². The normalized spacial score (nSPS) is 22.0. The maximum atomic E-state index is 11.6. The summed E-state index contributed by atoms with van der Waals surface area (Å²) in [5, 5.41) is 0. The zero-order valence-electron chi connectivity index (χ0n) is 10.0. The van der Waals surface area contributed by atoms with Gasteiger partial charge in [-0.05, 0) is 30.7 Å². The molecule has 1 heterocycles. The molecule has 1 fully saturated rings. The average molecular weight is 236 g/mol. The summed E-state index contributed by atoms with van der Waals surface area (Å²) >= 11 is 0. The number of benzene rings is 1. The zero-order chi connectivity index (χ0) is 12.3. The highest BCUT2D eigenvalue weighted by Crippen LogP contribution is 2.28. The van der Waals surface area contributed by atoms with Gasteiger partial charge in [0, 0.05) is 0 Å². The molecule has 0 radical (unpaired) electrons. The molecule has 0 aliphatic carbocycles. The van der Waals surface area contributed by atoms with Gasteiger partial charge in [-0.3, -0.25) is 0 Å². The van der Waals surface area contributed by atoms with Crippen LogP contribution in [0.15, 0.2) is 24.3 Å². The van der Waals surface area contributed by atoms with E-state index in [1.165, 1.54) is 0 Å². The molecule has 4 heteroatoms. The Kier molecular flexibility index (Phi) is 3.64. The lowest BCUT2D eigenvalue weighted by Crippen LogP contribution is -2.17. The first-order valence-electron chi connectivity index (χ1n) is 5.75. The van der Waals surface area contributed by atoms with Crippen LogP contribution in [0.4, 0.5) is 0 Å². The van der Waals surface area contributed by atoms with Crippen LogP contribution in [0.3, 0.4) is 0 Å². The number of carbonyl (C=O) groups excluding carboxylic acids is 1. The molecule has 0 saturated carbocycles. The van der Waals surface area contributed by atoms with Crippen molar-refractivity contribution in [1.29, 1.82) is 0 Å². The first-order valence-corrected chi connectivity index (χ1v) is 5.75. The standard InChI is InChI=1S/C13H16O4/c1-3-4-11-12(17-11)13(14)16-10-7-5-9(15-2)6-8-10/h5-8,11-12H,3-4H2,1-2H3/t11-,12+/m1/s1. The van der Waals surface area contributed by atoms with E-state index in [4.69, 9.17) is 14.2 Å². The Morgan fingerprint density at radius 1 is 1.29 bits per heavy atom. The summed E-state index contributed by atoms with van der Waals surface area (Å²) in [5.74, 6) is 0.937. The minimum absolute atomic E-state index is 0.0470. The lowest BCUT2D eigenvalue weighted by molar-refractivity contribution is -0.135. The number of esters is 1. The molecule has 2 atom stereocenters. The van der Waals surface area contributed by atoms with Crippen LogP contribution in [-0.2, 0) is 9.53 Å². The summed E-state index contributed by atoms with van der Waals surface area (Å²) in [7, 11) is 1.59. The molecule has 17 heavy (non-hydrogen) atoms. The largest absolute Gasteiger partial charge is 0.497 e. The number of ether oxygens (including phenoxy) is 3. The summed E-state index contributed by atoms with van der Waals surface area (Å²) in [6.45, 7) is 2.06. The molecule has 0 spiro atoms. The molecule has 0 bridgehead atoms. The number of methoxy groups -OCH3 is 1. The van der Waals surface area contributed by atoms with Crippen LogP contribution in [0.5, 0.6) is 11.5 Å². The van der Waals surface area contributed by atoms with E-state index >= 15 is 0 Å². The van der Waals surface area contributed by atoms with E-state index < -0.39 is 0 Å². The van der Waals surface area contributed by atoms with Gasteiger partial charge < -0.3 is 14.2 Å². The molecule has 1 saturated heterocycles. The molecule has 1 aliphatic rings. The SMILES string of the molecule is CCC[C@H]1O[C@@H]1C(=O)Oc1ccc(OC)cc1. The Morgan fingerprint density at radius 2 is 1.94 bits per heavy atom. The molecule has 1 aromatic rings. The van der Waals surface area contributed by atoms with Gasteiger partial charge >= 0.3 is 5.97 Å². The highest BCUT2D eigenvalue weighted by atomic mass is 16.6. The molecule has 1 aliphatic heterocycles. The molecule has 0 N–H and O–H groups in total. The highest BCUT2D eigenvalue weighted by Gasteiger charge is 2.45. The Bertz CT molecular complexity index is 385. The Labute approximate surface area is 100 Å². The number of rotatable bonds is 5. The third kappa shape index (κ3) is 2.97. The predicted molar refractivity (Wildman–Crippen MR) is 62.2 cm³/mol. The van der Waals surface area contributed by atoms with E-state index in [1.54, 1.807) is 31.4 Å². The van der Waals surface area contributed by atoms with E-state index in [0.717, 1.165) is 18.6 Å². The average Bonchev–Trinajstić information content (AvgIpc) is 3.10. The van der Waals surface area contributed by atoms with Crippen LogP contribution < -0.4 is 9.47 Å². The molecule has 0 aromatic heterocycles. The van der Waals surface area contributed by atoms with Crippen molar-refractivity contribution in [3.8, 4) is 11.5 Å². The number of hydrogen-bond acceptors (Lipinski definition) is 4.